The summed E-state index contributed by atoms with van der Waals surface area (Å²) in [5.74, 6) is 0. The van der Waals surface area contributed by atoms with Crippen LogP contribution in [0.15, 0.2) is 0 Å². The number of rotatable bonds is 22. The largest absolute Gasteiger partial charge is 1.00 e. The van der Waals surface area contributed by atoms with Crippen LogP contribution < -0.4 is 12.4 Å². The quantitative estimate of drug-likeness (QED) is 0.167. The topological polar surface area (TPSA) is 31.5 Å². The fourth-order valence-corrected chi connectivity index (χ4v) is 4.17. The Kier molecular flexibility index (Phi) is 30.6. The second-order valence-electron chi connectivity index (χ2n) is 9.75. The minimum atomic E-state index is 0. The second-order valence-corrected chi connectivity index (χ2v) is 9.75. The highest BCUT2D eigenvalue weighted by Crippen LogP contribution is 2.14. The monoisotopic (exact) mass is 435 g/mol. The van der Waals surface area contributed by atoms with Crippen LogP contribution in [0, 0.1) is 0 Å². The molecule has 0 atom stereocenters. The molecule has 0 bridgehead atoms. The first-order valence-electron chi connectivity index (χ1n) is 12.9. The third kappa shape index (κ3) is 28.2. The lowest BCUT2D eigenvalue weighted by molar-refractivity contribution is -0.890. The van der Waals surface area contributed by atoms with E-state index in [1.54, 1.807) is 0 Å². The SMILES string of the molecule is CCCCCCCCCCCC[N+](C)(C)CCCCCCCCCCCC.O.[Cl-]. The Morgan fingerprint density at radius 3 is 0.828 bits per heavy atom. The molecular weight excluding hydrogens is 378 g/mol. The van der Waals surface area contributed by atoms with Gasteiger partial charge in [0.2, 0.25) is 0 Å². The molecule has 0 fully saturated rings. The average Bonchev–Trinajstić information content (AvgIpc) is 2.64. The fourth-order valence-electron chi connectivity index (χ4n) is 4.17. The first kappa shape index (κ1) is 33.8. The summed E-state index contributed by atoms with van der Waals surface area (Å²) in [5, 5.41) is 0. The van der Waals surface area contributed by atoms with Gasteiger partial charge in [-0.2, -0.15) is 0 Å². The third-order valence-electron chi connectivity index (χ3n) is 6.23. The smallest absolute Gasteiger partial charge is 0.0782 e. The van der Waals surface area contributed by atoms with Gasteiger partial charge in [-0.1, -0.05) is 117 Å². The van der Waals surface area contributed by atoms with Gasteiger partial charge in [0.05, 0.1) is 27.2 Å². The highest BCUT2D eigenvalue weighted by molar-refractivity contribution is 4.50. The maximum absolute atomic E-state index is 2.45. The van der Waals surface area contributed by atoms with E-state index in [1.165, 1.54) is 146 Å². The van der Waals surface area contributed by atoms with Gasteiger partial charge >= 0.3 is 0 Å². The zero-order chi connectivity index (χ0) is 20.1. The zero-order valence-electron chi connectivity index (χ0n) is 20.9. The van der Waals surface area contributed by atoms with Crippen LogP contribution in [0.4, 0.5) is 0 Å². The highest BCUT2D eigenvalue weighted by atomic mass is 35.5. The van der Waals surface area contributed by atoms with Gasteiger partial charge in [-0.3, -0.25) is 0 Å². The van der Waals surface area contributed by atoms with E-state index < -0.39 is 0 Å². The Hall–Kier alpha value is 0.210. The summed E-state index contributed by atoms with van der Waals surface area (Å²) in [6, 6.07) is 0. The van der Waals surface area contributed by atoms with E-state index >= 15 is 0 Å². The summed E-state index contributed by atoms with van der Waals surface area (Å²) in [4.78, 5) is 0. The maximum atomic E-state index is 2.45. The maximum Gasteiger partial charge on any atom is 0.0782 e. The van der Waals surface area contributed by atoms with Crippen LogP contribution in [0.25, 0.3) is 0 Å². The molecule has 0 amide bonds. The molecule has 3 heteroatoms. The minimum absolute atomic E-state index is 0. The van der Waals surface area contributed by atoms with Crippen molar-refractivity contribution in [3.63, 3.8) is 0 Å². The molecule has 29 heavy (non-hydrogen) atoms. The number of unbranched alkanes of at least 4 members (excludes halogenated alkanes) is 18. The lowest BCUT2D eigenvalue weighted by atomic mass is 10.1. The van der Waals surface area contributed by atoms with Gasteiger partial charge in [0.25, 0.3) is 0 Å². The van der Waals surface area contributed by atoms with E-state index in [4.69, 9.17) is 0 Å². The second kappa shape index (κ2) is 26.2. The van der Waals surface area contributed by atoms with Crippen molar-refractivity contribution < 1.29 is 22.4 Å². The molecule has 0 saturated heterocycles. The standard InChI is InChI=1S/C26H56N.ClH.H2O/c1-5-7-9-11-13-15-17-19-21-23-25-27(3,4)26-24-22-20-18-16-14-12-10-8-6-2;;/h5-26H2,1-4H3;1H;1H2/q+1;;/p-1. The van der Waals surface area contributed by atoms with Crippen LogP contribution in [-0.4, -0.2) is 37.1 Å². The molecule has 0 aromatic carbocycles. The molecule has 0 aromatic heterocycles. The fraction of sp³-hybridized carbons (Fsp3) is 1.00. The molecule has 2 nitrogen and oxygen atoms in total. The van der Waals surface area contributed by atoms with Gasteiger partial charge in [0.15, 0.2) is 0 Å². The van der Waals surface area contributed by atoms with Gasteiger partial charge in [-0.15, -0.1) is 0 Å². The summed E-state index contributed by atoms with van der Waals surface area (Å²) in [6.07, 6.45) is 29.0. The Labute approximate surface area is 191 Å². The summed E-state index contributed by atoms with van der Waals surface area (Å²) in [5.41, 5.74) is 0. The van der Waals surface area contributed by atoms with E-state index in [0.717, 1.165) is 0 Å². The van der Waals surface area contributed by atoms with Crippen LogP contribution >= 0.6 is 0 Å². The van der Waals surface area contributed by atoms with Crippen LogP contribution in [0.2, 0.25) is 0 Å². The third-order valence-corrected chi connectivity index (χ3v) is 6.23. The Bertz CT molecular complexity index is 258. The number of nitrogens with zero attached hydrogens (tertiary/aromatic N) is 1. The molecule has 180 valence electrons. The number of quaternary nitrogens is 1. The lowest BCUT2D eigenvalue weighted by Crippen LogP contribution is -3.00. The molecular formula is C26H58ClNO. The van der Waals surface area contributed by atoms with Crippen LogP contribution in [-0.2, 0) is 0 Å². The molecule has 0 unspecified atom stereocenters. The van der Waals surface area contributed by atoms with E-state index in [0.29, 0.717) is 0 Å². The van der Waals surface area contributed by atoms with Gasteiger partial charge in [0.1, 0.15) is 0 Å². The van der Waals surface area contributed by atoms with Crippen molar-refractivity contribution in [3.8, 4) is 0 Å². The molecule has 0 rings (SSSR count). The molecule has 0 heterocycles. The molecule has 0 aliphatic carbocycles. The van der Waals surface area contributed by atoms with Crippen LogP contribution in [0.1, 0.15) is 142 Å². The van der Waals surface area contributed by atoms with Crippen molar-refractivity contribution >= 4 is 0 Å². The molecule has 2 N–H and O–H groups in total. The number of halogens is 1. The Balaban J connectivity index is -0.00000338. The van der Waals surface area contributed by atoms with E-state index in [2.05, 4.69) is 27.9 Å². The van der Waals surface area contributed by atoms with E-state index in [-0.39, 0.29) is 17.9 Å². The van der Waals surface area contributed by atoms with Crippen molar-refractivity contribution in [2.75, 3.05) is 27.2 Å². The molecule has 0 aliphatic heterocycles. The molecule has 0 radical (unpaired) electrons. The lowest BCUT2D eigenvalue weighted by Gasteiger charge is -2.30. The Morgan fingerprint density at radius 2 is 0.586 bits per heavy atom. The van der Waals surface area contributed by atoms with Crippen molar-refractivity contribution in [2.24, 2.45) is 0 Å². The average molecular weight is 436 g/mol. The van der Waals surface area contributed by atoms with Crippen LogP contribution in [0.5, 0.6) is 0 Å². The first-order chi connectivity index (χ1) is 13.1. The molecule has 0 aromatic rings. The summed E-state index contributed by atoms with van der Waals surface area (Å²) in [6.45, 7) is 7.37. The summed E-state index contributed by atoms with van der Waals surface area (Å²) in [7, 11) is 4.89. The van der Waals surface area contributed by atoms with Crippen molar-refractivity contribution in [1.82, 2.24) is 0 Å². The first-order valence-corrected chi connectivity index (χ1v) is 12.9. The zero-order valence-corrected chi connectivity index (χ0v) is 21.6. The van der Waals surface area contributed by atoms with Crippen molar-refractivity contribution in [2.45, 2.75) is 142 Å². The minimum Gasteiger partial charge on any atom is -1.00 e. The summed E-state index contributed by atoms with van der Waals surface area (Å²) >= 11 is 0. The van der Waals surface area contributed by atoms with Crippen LogP contribution in [0.3, 0.4) is 0 Å². The van der Waals surface area contributed by atoms with Gasteiger partial charge < -0.3 is 22.4 Å². The number of hydrogen-bond donors (Lipinski definition) is 0. The summed E-state index contributed by atoms with van der Waals surface area (Å²) < 4.78 is 1.24. The molecule has 0 aliphatic rings. The van der Waals surface area contributed by atoms with Crippen molar-refractivity contribution in [3.05, 3.63) is 0 Å². The number of hydrogen-bond acceptors (Lipinski definition) is 0. The van der Waals surface area contributed by atoms with E-state index in [9.17, 15) is 0 Å². The Morgan fingerprint density at radius 1 is 0.379 bits per heavy atom. The van der Waals surface area contributed by atoms with Gasteiger partial charge in [-0.25, -0.2) is 0 Å². The predicted octanol–water partition coefficient (Wildman–Crippen LogP) is 5.08. The predicted molar refractivity (Wildman–Crippen MR) is 129 cm³/mol. The molecule has 0 saturated carbocycles. The normalized spacial score (nSPS) is 11.2. The highest BCUT2D eigenvalue weighted by Gasteiger charge is 2.13. The van der Waals surface area contributed by atoms with Gasteiger partial charge in [0, 0.05) is 0 Å². The molecule has 0 spiro atoms. The van der Waals surface area contributed by atoms with Gasteiger partial charge in [-0.05, 0) is 25.7 Å². The van der Waals surface area contributed by atoms with E-state index in [1.807, 2.05) is 0 Å². The van der Waals surface area contributed by atoms with Crippen molar-refractivity contribution in [1.29, 1.82) is 0 Å².